The summed E-state index contributed by atoms with van der Waals surface area (Å²) in [6, 6.07) is 10.7. The Morgan fingerprint density at radius 3 is 2.38 bits per heavy atom. The van der Waals surface area contributed by atoms with E-state index in [0.717, 1.165) is 45.1 Å². The Morgan fingerprint density at radius 2 is 1.62 bits per heavy atom. The molecule has 0 spiro atoms. The van der Waals surface area contributed by atoms with Gasteiger partial charge in [-0.25, -0.2) is 0 Å². The molecular weight excluding hydrogens is 258 g/mol. The number of unbranched alkanes of at least 4 members (excludes halogenated alkanes) is 3. The first-order valence-electron chi connectivity index (χ1n) is 8.61. The second-order valence-corrected chi connectivity index (χ2v) is 6.21. The average molecular weight is 291 g/mol. The van der Waals surface area contributed by atoms with Gasteiger partial charge < -0.3 is 10.1 Å². The molecule has 0 amide bonds. The quantitative estimate of drug-likeness (QED) is 0.542. The van der Waals surface area contributed by atoms with Crippen LogP contribution in [-0.4, -0.2) is 26.3 Å². The third-order valence-corrected chi connectivity index (χ3v) is 3.54. The molecule has 0 unspecified atom stereocenters. The molecule has 0 saturated carbocycles. The highest BCUT2D eigenvalue weighted by molar-refractivity contribution is 5.14. The summed E-state index contributed by atoms with van der Waals surface area (Å²) in [5, 5.41) is 3.49. The number of hydrogen-bond donors (Lipinski definition) is 1. The van der Waals surface area contributed by atoms with Crippen molar-refractivity contribution in [2.24, 2.45) is 5.92 Å². The molecule has 0 aliphatic rings. The largest absolute Gasteiger partial charge is 0.381 e. The lowest BCUT2D eigenvalue weighted by Crippen LogP contribution is -2.20. The van der Waals surface area contributed by atoms with Gasteiger partial charge in [0.25, 0.3) is 0 Å². The van der Waals surface area contributed by atoms with Gasteiger partial charge in [0.15, 0.2) is 0 Å². The van der Waals surface area contributed by atoms with E-state index >= 15 is 0 Å². The number of ether oxygens (including phenoxy) is 1. The van der Waals surface area contributed by atoms with Crippen molar-refractivity contribution in [3.05, 3.63) is 35.9 Å². The fourth-order valence-electron chi connectivity index (χ4n) is 2.32. The Labute approximate surface area is 131 Å². The van der Waals surface area contributed by atoms with Crippen LogP contribution in [-0.2, 0) is 11.2 Å². The molecule has 2 nitrogen and oxygen atoms in total. The van der Waals surface area contributed by atoms with Crippen LogP contribution < -0.4 is 5.32 Å². The Balaban J connectivity index is 1.77. The van der Waals surface area contributed by atoms with E-state index in [1.54, 1.807) is 0 Å². The van der Waals surface area contributed by atoms with Crippen LogP contribution in [0.1, 0.15) is 51.5 Å². The summed E-state index contributed by atoms with van der Waals surface area (Å²) >= 11 is 0. The molecule has 1 aromatic carbocycles. The van der Waals surface area contributed by atoms with E-state index in [9.17, 15) is 0 Å². The first-order chi connectivity index (χ1) is 10.3. The van der Waals surface area contributed by atoms with E-state index in [1.165, 1.54) is 31.2 Å². The van der Waals surface area contributed by atoms with Gasteiger partial charge >= 0.3 is 0 Å². The van der Waals surface area contributed by atoms with Crippen LogP contribution >= 0.6 is 0 Å². The van der Waals surface area contributed by atoms with Gasteiger partial charge in [-0.05, 0) is 50.3 Å². The summed E-state index contributed by atoms with van der Waals surface area (Å²) in [6.07, 6.45) is 7.36. The Hall–Kier alpha value is -0.860. The fourth-order valence-corrected chi connectivity index (χ4v) is 2.32. The smallest absolute Gasteiger partial charge is 0.0469 e. The molecule has 0 aliphatic heterocycles. The van der Waals surface area contributed by atoms with Crippen LogP contribution in [0.5, 0.6) is 0 Å². The average Bonchev–Trinajstić information content (AvgIpc) is 2.49. The van der Waals surface area contributed by atoms with Gasteiger partial charge in [0.05, 0.1) is 0 Å². The van der Waals surface area contributed by atoms with E-state index in [1.807, 2.05) is 0 Å². The highest BCUT2D eigenvalue weighted by Gasteiger charge is 1.95. The SMILES string of the molecule is CC(C)CNCCCCCCOCCCc1ccccc1. The van der Waals surface area contributed by atoms with Crippen LogP contribution in [0, 0.1) is 5.92 Å². The molecule has 0 bridgehead atoms. The lowest BCUT2D eigenvalue weighted by atomic mass is 10.1. The van der Waals surface area contributed by atoms with E-state index in [2.05, 4.69) is 49.5 Å². The normalized spacial score (nSPS) is 11.2. The summed E-state index contributed by atoms with van der Waals surface area (Å²) in [5.41, 5.74) is 1.41. The standard InChI is InChI=1S/C19H33NO/c1-18(2)17-20-14-8-3-4-9-15-21-16-10-13-19-11-6-5-7-12-19/h5-7,11-12,18,20H,3-4,8-10,13-17H2,1-2H3. The van der Waals surface area contributed by atoms with Crippen LogP contribution in [0.4, 0.5) is 0 Å². The van der Waals surface area contributed by atoms with E-state index < -0.39 is 0 Å². The van der Waals surface area contributed by atoms with Crippen molar-refractivity contribution < 1.29 is 4.74 Å². The predicted molar refractivity (Wildman–Crippen MR) is 91.8 cm³/mol. The van der Waals surface area contributed by atoms with Crippen molar-refractivity contribution in [3.63, 3.8) is 0 Å². The van der Waals surface area contributed by atoms with Crippen molar-refractivity contribution in [2.45, 2.75) is 52.4 Å². The first-order valence-corrected chi connectivity index (χ1v) is 8.61. The van der Waals surface area contributed by atoms with Gasteiger partial charge in [-0.3, -0.25) is 0 Å². The predicted octanol–water partition coefficient (Wildman–Crippen LogP) is 4.44. The number of nitrogens with one attached hydrogen (secondary N) is 1. The molecule has 0 fully saturated rings. The maximum atomic E-state index is 5.70. The van der Waals surface area contributed by atoms with Crippen LogP contribution in [0.3, 0.4) is 0 Å². The van der Waals surface area contributed by atoms with E-state index in [0.29, 0.717) is 0 Å². The monoisotopic (exact) mass is 291 g/mol. The molecule has 0 aliphatic carbocycles. The summed E-state index contributed by atoms with van der Waals surface area (Å²) in [4.78, 5) is 0. The topological polar surface area (TPSA) is 21.3 Å². The van der Waals surface area contributed by atoms with Gasteiger partial charge in [0.2, 0.25) is 0 Å². The van der Waals surface area contributed by atoms with Crippen molar-refractivity contribution >= 4 is 0 Å². The molecular formula is C19H33NO. The third kappa shape index (κ3) is 11.5. The zero-order chi connectivity index (χ0) is 15.2. The molecule has 2 heteroatoms. The summed E-state index contributed by atoms with van der Waals surface area (Å²) in [7, 11) is 0. The Morgan fingerprint density at radius 1 is 0.905 bits per heavy atom. The molecule has 0 saturated heterocycles. The minimum absolute atomic E-state index is 0.759. The van der Waals surface area contributed by atoms with Gasteiger partial charge in [0.1, 0.15) is 0 Å². The highest BCUT2D eigenvalue weighted by atomic mass is 16.5. The lowest BCUT2D eigenvalue weighted by Gasteiger charge is -2.07. The summed E-state index contributed by atoms with van der Waals surface area (Å²) < 4.78 is 5.70. The molecule has 0 atom stereocenters. The third-order valence-electron chi connectivity index (χ3n) is 3.54. The van der Waals surface area contributed by atoms with Crippen LogP contribution in [0.15, 0.2) is 30.3 Å². The van der Waals surface area contributed by atoms with Crippen LogP contribution in [0.2, 0.25) is 0 Å². The second kappa shape index (κ2) is 12.8. The van der Waals surface area contributed by atoms with Crippen molar-refractivity contribution in [3.8, 4) is 0 Å². The van der Waals surface area contributed by atoms with E-state index in [4.69, 9.17) is 4.74 Å². The van der Waals surface area contributed by atoms with Gasteiger partial charge in [-0.2, -0.15) is 0 Å². The maximum Gasteiger partial charge on any atom is 0.0469 e. The van der Waals surface area contributed by atoms with Gasteiger partial charge in [0, 0.05) is 13.2 Å². The van der Waals surface area contributed by atoms with Gasteiger partial charge in [-0.15, -0.1) is 0 Å². The van der Waals surface area contributed by atoms with Crippen molar-refractivity contribution in [1.82, 2.24) is 5.32 Å². The molecule has 0 heterocycles. The number of benzene rings is 1. The summed E-state index contributed by atoms with van der Waals surface area (Å²) in [5.74, 6) is 0.759. The molecule has 120 valence electrons. The van der Waals surface area contributed by atoms with Crippen LogP contribution in [0.25, 0.3) is 0 Å². The first kappa shape index (κ1) is 18.2. The highest BCUT2D eigenvalue weighted by Crippen LogP contribution is 2.03. The van der Waals surface area contributed by atoms with Crippen molar-refractivity contribution in [2.75, 3.05) is 26.3 Å². The number of aryl methyl sites for hydroxylation is 1. The molecule has 1 N–H and O–H groups in total. The molecule has 0 aromatic heterocycles. The molecule has 1 aromatic rings. The fraction of sp³-hybridized carbons (Fsp3) is 0.684. The van der Waals surface area contributed by atoms with Gasteiger partial charge in [-0.1, -0.05) is 57.0 Å². The molecule has 0 radical (unpaired) electrons. The summed E-state index contributed by atoms with van der Waals surface area (Å²) in [6.45, 7) is 8.63. The Kier molecular flexibility index (Phi) is 11.1. The minimum atomic E-state index is 0.759. The maximum absolute atomic E-state index is 5.70. The van der Waals surface area contributed by atoms with Crippen molar-refractivity contribution in [1.29, 1.82) is 0 Å². The van der Waals surface area contributed by atoms with E-state index in [-0.39, 0.29) is 0 Å². The molecule has 1 rings (SSSR count). The lowest BCUT2D eigenvalue weighted by molar-refractivity contribution is 0.127. The second-order valence-electron chi connectivity index (χ2n) is 6.21. The zero-order valence-electron chi connectivity index (χ0n) is 13.9. The minimum Gasteiger partial charge on any atom is -0.381 e. The molecule has 21 heavy (non-hydrogen) atoms. The Bertz CT molecular complexity index is 324. The number of rotatable bonds is 13. The number of hydrogen-bond acceptors (Lipinski definition) is 2. The zero-order valence-corrected chi connectivity index (χ0v) is 13.9.